The first-order valence-corrected chi connectivity index (χ1v) is 8.80. The van der Waals surface area contributed by atoms with Crippen molar-refractivity contribution in [2.45, 2.75) is 19.3 Å². The van der Waals surface area contributed by atoms with Gasteiger partial charge >= 0.3 is 5.97 Å². The number of nitrogens with one attached hydrogen (secondary N) is 1. The topological polar surface area (TPSA) is 84.2 Å². The van der Waals surface area contributed by atoms with Crippen molar-refractivity contribution in [1.29, 1.82) is 0 Å². The summed E-state index contributed by atoms with van der Waals surface area (Å²) in [6, 6.07) is 12.1. The Balaban J connectivity index is 1.80. The Labute approximate surface area is 160 Å². The van der Waals surface area contributed by atoms with Gasteiger partial charge in [0.2, 0.25) is 5.91 Å². The molecule has 0 saturated heterocycles. The van der Waals surface area contributed by atoms with Gasteiger partial charge in [-0.15, -0.1) is 0 Å². The molecule has 0 radical (unpaired) electrons. The summed E-state index contributed by atoms with van der Waals surface area (Å²) in [6.07, 6.45) is 2.02. The number of fused-ring (bicyclic) bond motifs is 1. The minimum atomic E-state index is -0.979. The van der Waals surface area contributed by atoms with Crippen LogP contribution < -0.4 is 5.32 Å². The number of hydrogen-bond acceptors (Lipinski definition) is 3. The molecule has 2 aromatic carbocycles. The molecule has 0 saturated carbocycles. The van der Waals surface area contributed by atoms with Crippen molar-refractivity contribution in [2.24, 2.45) is 0 Å². The van der Waals surface area contributed by atoms with Gasteiger partial charge in [-0.2, -0.15) is 5.10 Å². The summed E-state index contributed by atoms with van der Waals surface area (Å²) in [7, 11) is 0. The maximum atomic E-state index is 12.3. The first-order chi connectivity index (χ1) is 13.0. The molecule has 0 spiro atoms. The van der Waals surface area contributed by atoms with Crippen LogP contribution in [0, 0.1) is 6.92 Å². The van der Waals surface area contributed by atoms with E-state index < -0.39 is 5.97 Å². The normalized spacial score (nSPS) is 15.9. The third-order valence-electron chi connectivity index (χ3n) is 4.85. The van der Waals surface area contributed by atoms with Crippen LogP contribution in [0.1, 0.15) is 39.4 Å². The highest BCUT2D eigenvalue weighted by atomic mass is 35.5. The van der Waals surface area contributed by atoms with Gasteiger partial charge in [-0.05, 0) is 42.3 Å². The quantitative estimate of drug-likeness (QED) is 0.718. The van der Waals surface area contributed by atoms with E-state index in [1.165, 1.54) is 0 Å². The average molecular weight is 382 g/mol. The number of rotatable bonds is 3. The number of aromatic nitrogens is 2. The molecule has 27 heavy (non-hydrogen) atoms. The molecule has 4 rings (SSSR count). The summed E-state index contributed by atoms with van der Waals surface area (Å²) in [5.41, 5.74) is 3.64. The smallest absolute Gasteiger partial charge is 0.335 e. The maximum Gasteiger partial charge on any atom is 0.335 e. The van der Waals surface area contributed by atoms with E-state index in [0.29, 0.717) is 10.8 Å². The van der Waals surface area contributed by atoms with Crippen LogP contribution in [-0.4, -0.2) is 26.8 Å². The van der Waals surface area contributed by atoms with Gasteiger partial charge in [-0.3, -0.25) is 4.79 Å². The lowest BCUT2D eigenvalue weighted by Gasteiger charge is -2.24. The Hall–Kier alpha value is -3.12. The molecule has 1 aliphatic heterocycles. The number of halogens is 1. The van der Waals surface area contributed by atoms with Crippen LogP contribution in [0.2, 0.25) is 5.02 Å². The van der Waals surface area contributed by atoms with Crippen molar-refractivity contribution in [1.82, 2.24) is 9.78 Å². The van der Waals surface area contributed by atoms with E-state index in [9.17, 15) is 9.59 Å². The number of hydrogen-bond donors (Lipinski definition) is 2. The molecule has 0 aliphatic carbocycles. The van der Waals surface area contributed by atoms with Crippen LogP contribution in [-0.2, 0) is 4.79 Å². The van der Waals surface area contributed by atoms with E-state index in [0.717, 1.165) is 22.4 Å². The largest absolute Gasteiger partial charge is 0.478 e. The van der Waals surface area contributed by atoms with E-state index >= 15 is 0 Å². The van der Waals surface area contributed by atoms with Crippen LogP contribution in [0.3, 0.4) is 0 Å². The van der Waals surface area contributed by atoms with Gasteiger partial charge in [0.15, 0.2) is 0 Å². The van der Waals surface area contributed by atoms with Crippen molar-refractivity contribution < 1.29 is 14.7 Å². The lowest BCUT2D eigenvalue weighted by molar-refractivity contribution is -0.116. The molecule has 1 atom stereocenters. The van der Waals surface area contributed by atoms with E-state index in [1.54, 1.807) is 35.1 Å². The molecule has 0 bridgehead atoms. The monoisotopic (exact) mass is 381 g/mol. The number of carboxylic acids is 1. The van der Waals surface area contributed by atoms with Gasteiger partial charge < -0.3 is 10.4 Å². The molecule has 1 unspecified atom stereocenters. The van der Waals surface area contributed by atoms with Crippen molar-refractivity contribution in [3.8, 4) is 5.69 Å². The fraction of sp³-hybridized carbons (Fsp3) is 0.150. The Kier molecular flexibility index (Phi) is 4.20. The Morgan fingerprint density at radius 2 is 2.00 bits per heavy atom. The predicted octanol–water partition coefficient (Wildman–Crippen LogP) is 4.01. The van der Waals surface area contributed by atoms with Crippen molar-refractivity contribution >= 4 is 29.3 Å². The first-order valence-electron chi connectivity index (χ1n) is 8.42. The van der Waals surface area contributed by atoms with E-state index in [2.05, 4.69) is 10.4 Å². The lowest BCUT2D eigenvalue weighted by atomic mass is 9.87. The van der Waals surface area contributed by atoms with Gasteiger partial charge in [0.25, 0.3) is 0 Å². The molecular weight excluding hydrogens is 366 g/mol. The van der Waals surface area contributed by atoms with E-state index in [4.69, 9.17) is 16.7 Å². The summed E-state index contributed by atoms with van der Waals surface area (Å²) in [4.78, 5) is 23.4. The van der Waals surface area contributed by atoms with Crippen LogP contribution in [0.5, 0.6) is 0 Å². The average Bonchev–Trinajstić information content (AvgIpc) is 3.07. The molecule has 1 aromatic heterocycles. The van der Waals surface area contributed by atoms with E-state index in [-0.39, 0.29) is 23.8 Å². The third kappa shape index (κ3) is 2.98. The molecule has 136 valence electrons. The maximum absolute atomic E-state index is 12.3. The molecule has 2 N–H and O–H groups in total. The zero-order valence-electron chi connectivity index (χ0n) is 14.4. The molecular formula is C20H16ClN3O3. The van der Waals surface area contributed by atoms with Gasteiger partial charge in [-0.1, -0.05) is 29.8 Å². The van der Waals surface area contributed by atoms with Gasteiger partial charge in [-0.25, -0.2) is 9.48 Å². The SMILES string of the molecule is Cc1c(Cl)cccc1-n1ncc2c1NC(=O)CC2c1ccc(C(=O)O)cc1. The lowest BCUT2D eigenvalue weighted by Crippen LogP contribution is -2.24. The summed E-state index contributed by atoms with van der Waals surface area (Å²) in [5.74, 6) is -0.669. The summed E-state index contributed by atoms with van der Waals surface area (Å²) >= 11 is 6.23. The standard InChI is InChI=1S/C20H16ClN3O3/c1-11-16(21)3-2-4-17(11)24-19-15(10-22-24)14(9-18(25)23-19)12-5-7-13(8-6-12)20(26)27/h2-8,10,14H,9H2,1H3,(H,23,25)(H,26,27). The molecule has 3 aromatic rings. The predicted molar refractivity (Wildman–Crippen MR) is 102 cm³/mol. The number of nitrogens with zero attached hydrogens (tertiary/aromatic N) is 2. The van der Waals surface area contributed by atoms with Crippen molar-refractivity contribution in [2.75, 3.05) is 5.32 Å². The van der Waals surface area contributed by atoms with Gasteiger partial charge in [0.1, 0.15) is 5.82 Å². The van der Waals surface area contributed by atoms with Crippen molar-refractivity contribution in [3.63, 3.8) is 0 Å². The molecule has 1 amide bonds. The van der Waals surface area contributed by atoms with Gasteiger partial charge in [0.05, 0.1) is 17.4 Å². The number of benzene rings is 2. The second-order valence-electron chi connectivity index (χ2n) is 6.48. The minimum Gasteiger partial charge on any atom is -0.478 e. The number of carboxylic acid groups (broad SMARTS) is 1. The highest BCUT2D eigenvalue weighted by Crippen LogP contribution is 2.38. The molecule has 1 aliphatic rings. The summed E-state index contributed by atoms with van der Waals surface area (Å²) < 4.78 is 1.69. The van der Waals surface area contributed by atoms with E-state index in [1.807, 2.05) is 25.1 Å². The zero-order chi connectivity index (χ0) is 19.1. The second-order valence-corrected chi connectivity index (χ2v) is 6.88. The Morgan fingerprint density at radius 3 is 2.70 bits per heavy atom. The number of carbonyl (C=O) groups excluding carboxylic acids is 1. The molecule has 0 fully saturated rings. The molecule has 6 nitrogen and oxygen atoms in total. The van der Waals surface area contributed by atoms with Crippen LogP contribution in [0.25, 0.3) is 5.69 Å². The fourth-order valence-electron chi connectivity index (χ4n) is 3.38. The summed E-state index contributed by atoms with van der Waals surface area (Å²) in [6.45, 7) is 1.90. The third-order valence-corrected chi connectivity index (χ3v) is 5.26. The van der Waals surface area contributed by atoms with Crippen LogP contribution >= 0.6 is 11.6 Å². The fourth-order valence-corrected chi connectivity index (χ4v) is 3.55. The Bertz CT molecular complexity index is 1060. The van der Waals surface area contributed by atoms with Crippen LogP contribution in [0.15, 0.2) is 48.7 Å². The van der Waals surface area contributed by atoms with Gasteiger partial charge in [0, 0.05) is 22.9 Å². The Morgan fingerprint density at radius 1 is 1.26 bits per heavy atom. The number of amides is 1. The first kappa shape index (κ1) is 17.3. The molecule has 7 heteroatoms. The van der Waals surface area contributed by atoms with Crippen LogP contribution in [0.4, 0.5) is 5.82 Å². The number of anilines is 1. The second kappa shape index (κ2) is 6.55. The number of carbonyl (C=O) groups is 2. The highest BCUT2D eigenvalue weighted by molar-refractivity contribution is 6.31. The summed E-state index contributed by atoms with van der Waals surface area (Å²) in [5, 5.41) is 17.1. The highest BCUT2D eigenvalue weighted by Gasteiger charge is 2.30. The minimum absolute atomic E-state index is 0.115. The van der Waals surface area contributed by atoms with Crippen molar-refractivity contribution in [3.05, 3.63) is 75.9 Å². The zero-order valence-corrected chi connectivity index (χ0v) is 15.2. The number of aromatic carboxylic acids is 1. The molecule has 2 heterocycles.